The molecule has 0 radical (unpaired) electrons. The molecule has 6 heterocycles. The molecule has 0 saturated carbocycles. The minimum Gasteiger partial charge on any atom is -0.494 e. The first kappa shape index (κ1) is 65.4. The van der Waals surface area contributed by atoms with Gasteiger partial charge in [-0.1, -0.05) is 239 Å². The van der Waals surface area contributed by atoms with Crippen molar-refractivity contribution in [3.8, 4) is 56.0 Å². The first-order valence-electron chi connectivity index (χ1n) is 33.1. The number of rotatable bonds is 6. The largest absolute Gasteiger partial charge is 0.494 e. The van der Waals surface area contributed by atoms with E-state index in [0.29, 0.717) is 33.6 Å². The molecule has 0 fully saturated rings. The summed E-state index contributed by atoms with van der Waals surface area (Å²) in [5.41, 5.74) is 25.7. The number of methoxy groups -OCH3 is 2. The number of fused-ring (bicyclic) bond motifs is 12. The lowest BCUT2D eigenvalue weighted by atomic mass is 9.78. The predicted molar refractivity (Wildman–Crippen MR) is 394 cm³/mol. The van der Waals surface area contributed by atoms with Crippen molar-refractivity contribution in [2.45, 2.75) is 209 Å². The van der Waals surface area contributed by atoms with Gasteiger partial charge in [0.25, 0.3) is 0 Å². The summed E-state index contributed by atoms with van der Waals surface area (Å²) in [5, 5.41) is 0. The SMILES string of the molecule is COc1ccc(OC)c2nc3c4[nH]c(c(-c5cc(C(C)(C)C)cc(C(C)(C)C)c5)c5nc(c(-c6cc(C(C)(C)C)cc(C(C)(C)C)c6)c6ccc([nH]6)c(-c6cc(C(C)(C)C)cc(C(C)(C)C)c6)c6nc(c4-c4cc(C(C)(C)C)cc(C(C)(C)C)c4)C=C6)C=C5)c3nc12. The Kier molecular flexibility index (Phi) is 15.9. The zero-order valence-electron chi connectivity index (χ0n) is 60.2. The van der Waals surface area contributed by atoms with E-state index in [1.165, 1.54) is 44.5 Å². The van der Waals surface area contributed by atoms with Crippen molar-refractivity contribution in [2.24, 2.45) is 0 Å². The normalized spacial score (nSPS) is 13.7. The monoisotopic (exact) mass is 1220 g/mol. The second-order valence-electron chi connectivity index (χ2n) is 34.4. The van der Waals surface area contributed by atoms with Gasteiger partial charge in [-0.05, 0) is 159 Å². The summed E-state index contributed by atoms with van der Waals surface area (Å²) in [6, 6.07) is 37.1. The van der Waals surface area contributed by atoms with E-state index in [2.05, 4.69) is 285 Å². The number of nitrogens with one attached hydrogen (secondary N) is 2. The minimum absolute atomic E-state index is 0.155. The third kappa shape index (κ3) is 12.4. The highest BCUT2D eigenvalue weighted by molar-refractivity contribution is 6.16. The lowest BCUT2D eigenvalue weighted by Gasteiger charge is -2.26. The van der Waals surface area contributed by atoms with Gasteiger partial charge < -0.3 is 19.4 Å². The molecule has 2 aliphatic heterocycles. The van der Waals surface area contributed by atoms with Crippen LogP contribution in [-0.4, -0.2) is 44.1 Å². The number of hydrogen-bond donors (Lipinski definition) is 2. The molecular formula is C84H100N6O2. The van der Waals surface area contributed by atoms with Gasteiger partial charge in [0.2, 0.25) is 0 Å². The second-order valence-corrected chi connectivity index (χ2v) is 34.4. The first-order valence-corrected chi connectivity index (χ1v) is 33.1. The second kappa shape index (κ2) is 22.3. The molecule has 9 aromatic rings. The van der Waals surface area contributed by atoms with Gasteiger partial charge in [-0.3, -0.25) is 0 Å². The Morgan fingerprint density at radius 3 is 0.717 bits per heavy atom. The molecule has 0 saturated heterocycles. The molecule has 0 spiro atoms. The number of hydrogen-bond acceptors (Lipinski definition) is 6. The Hall–Kier alpha value is -8.10. The summed E-state index contributed by atoms with van der Waals surface area (Å²) in [6.07, 6.45) is 8.89. The molecule has 0 atom stereocenters. The van der Waals surface area contributed by atoms with Crippen LogP contribution in [0, 0.1) is 0 Å². The number of benzene rings is 5. The van der Waals surface area contributed by atoms with Crippen molar-refractivity contribution >= 4 is 68.4 Å². The molecule has 0 aliphatic carbocycles. The van der Waals surface area contributed by atoms with Crippen molar-refractivity contribution in [2.75, 3.05) is 14.2 Å². The fourth-order valence-electron chi connectivity index (χ4n) is 12.6. The number of aromatic amines is 2. The van der Waals surface area contributed by atoms with Crippen LogP contribution in [0.5, 0.6) is 11.5 Å². The van der Waals surface area contributed by atoms with Crippen LogP contribution in [0.2, 0.25) is 0 Å². The van der Waals surface area contributed by atoms with Crippen LogP contribution in [0.25, 0.3) is 113 Å². The maximum absolute atomic E-state index is 6.20. The number of nitrogens with zero attached hydrogens (tertiary/aromatic N) is 4. The highest BCUT2D eigenvalue weighted by Gasteiger charge is 2.31. The molecule has 5 aromatic carbocycles. The summed E-state index contributed by atoms with van der Waals surface area (Å²) in [4.78, 5) is 32.0. The molecule has 8 heteroatoms. The zero-order valence-corrected chi connectivity index (χ0v) is 60.2. The number of ether oxygens (including phenoxy) is 2. The molecular weight excluding hydrogens is 1120 g/mol. The quantitative estimate of drug-likeness (QED) is 0.172. The van der Waals surface area contributed by atoms with Crippen LogP contribution in [0.3, 0.4) is 0 Å². The highest BCUT2D eigenvalue weighted by atomic mass is 16.5. The lowest BCUT2D eigenvalue weighted by molar-refractivity contribution is 0.409. The molecule has 478 valence electrons. The average Bonchev–Trinajstić information content (AvgIpc) is 1.55. The topological polar surface area (TPSA) is 102 Å². The van der Waals surface area contributed by atoms with Crippen molar-refractivity contribution in [1.29, 1.82) is 0 Å². The maximum atomic E-state index is 6.20. The van der Waals surface area contributed by atoms with Gasteiger partial charge in [-0.25, -0.2) is 19.9 Å². The van der Waals surface area contributed by atoms with Crippen LogP contribution < -0.4 is 9.47 Å². The Bertz CT molecular complexity index is 4290. The summed E-state index contributed by atoms with van der Waals surface area (Å²) in [6.45, 7) is 55.4. The van der Waals surface area contributed by atoms with Gasteiger partial charge in [-0.15, -0.1) is 0 Å². The molecule has 8 nitrogen and oxygen atoms in total. The standard InChI is InChI=1S/C84H100N6O2/c1-77(2,3)51-35-47(36-52(43-51)78(4,5)6)67-59-27-28-60(85-59)68(48-37-53(79(7,8)9)44-54(38-48)80(10,11)12)62-30-32-64(87-62)70(50-41-57(83(19,20)21)46-58(42-50)84(22,23)24)74-76-75(88-71-65(91-25)33-34-66(92-26)72(71)89-76)73(90-74)69(63-31-29-61(67)86-63)49-39-55(81(13,14)15)45-56(40-49)82(16,17)18/h27-46,85,90H,1-26H3. The third-order valence-corrected chi connectivity index (χ3v) is 18.8. The van der Waals surface area contributed by atoms with Gasteiger partial charge in [0.05, 0.1) is 48.0 Å². The van der Waals surface area contributed by atoms with Gasteiger partial charge in [0.15, 0.2) is 0 Å². The first-order chi connectivity index (χ1) is 42.5. The van der Waals surface area contributed by atoms with Gasteiger partial charge in [-0.2, -0.15) is 0 Å². The van der Waals surface area contributed by atoms with E-state index in [0.717, 1.165) is 89.4 Å². The van der Waals surface area contributed by atoms with Gasteiger partial charge >= 0.3 is 0 Å². The predicted octanol–water partition coefficient (Wildman–Crippen LogP) is 22.8. The molecule has 2 N–H and O–H groups in total. The van der Waals surface area contributed by atoms with Crippen molar-refractivity contribution in [1.82, 2.24) is 29.9 Å². The van der Waals surface area contributed by atoms with Crippen LogP contribution in [0.1, 0.15) is 233 Å². The highest BCUT2D eigenvalue weighted by Crippen LogP contribution is 2.47. The van der Waals surface area contributed by atoms with E-state index in [-0.39, 0.29) is 43.3 Å². The van der Waals surface area contributed by atoms with Gasteiger partial charge in [0.1, 0.15) is 33.6 Å². The Balaban J connectivity index is 1.50. The summed E-state index contributed by atoms with van der Waals surface area (Å²) in [5.74, 6) is 1.18. The van der Waals surface area contributed by atoms with Crippen LogP contribution >= 0.6 is 0 Å². The fourth-order valence-corrected chi connectivity index (χ4v) is 12.6. The molecule has 0 amide bonds. The molecule has 4 aromatic heterocycles. The van der Waals surface area contributed by atoms with E-state index < -0.39 is 0 Å². The fraction of sp³-hybridized carbons (Fsp3) is 0.405. The van der Waals surface area contributed by atoms with Crippen molar-refractivity contribution in [3.63, 3.8) is 0 Å². The van der Waals surface area contributed by atoms with Crippen LogP contribution in [0.15, 0.2) is 97.1 Å². The zero-order chi connectivity index (χ0) is 67.1. The molecule has 0 unspecified atom stereocenters. The third-order valence-electron chi connectivity index (χ3n) is 18.8. The Morgan fingerprint density at radius 1 is 0.261 bits per heavy atom. The molecule has 8 bridgehead atoms. The average molecular weight is 1230 g/mol. The van der Waals surface area contributed by atoms with Gasteiger partial charge in [0, 0.05) is 33.3 Å². The molecule has 11 rings (SSSR count). The van der Waals surface area contributed by atoms with E-state index in [4.69, 9.17) is 29.4 Å². The smallest absolute Gasteiger partial charge is 0.147 e. The molecule has 2 aliphatic rings. The Morgan fingerprint density at radius 2 is 0.489 bits per heavy atom. The van der Waals surface area contributed by atoms with E-state index in [9.17, 15) is 0 Å². The van der Waals surface area contributed by atoms with Crippen molar-refractivity contribution in [3.05, 3.63) is 164 Å². The maximum Gasteiger partial charge on any atom is 0.147 e. The van der Waals surface area contributed by atoms with E-state index in [1.54, 1.807) is 14.2 Å². The van der Waals surface area contributed by atoms with E-state index in [1.807, 2.05) is 12.1 Å². The molecule has 92 heavy (non-hydrogen) atoms. The van der Waals surface area contributed by atoms with E-state index >= 15 is 0 Å². The summed E-state index contributed by atoms with van der Waals surface area (Å²) in [7, 11) is 3.39. The van der Waals surface area contributed by atoms with Crippen LogP contribution in [0.4, 0.5) is 0 Å². The van der Waals surface area contributed by atoms with Crippen LogP contribution in [-0.2, 0) is 43.3 Å². The summed E-state index contributed by atoms with van der Waals surface area (Å²) >= 11 is 0. The number of aromatic nitrogens is 6. The minimum atomic E-state index is -0.208. The van der Waals surface area contributed by atoms with Crippen molar-refractivity contribution < 1.29 is 9.47 Å². The lowest BCUT2D eigenvalue weighted by Crippen LogP contribution is -2.16. The summed E-state index contributed by atoms with van der Waals surface area (Å²) < 4.78 is 12.4. The Labute approximate surface area is 548 Å². The number of H-pyrrole nitrogens is 2.